The van der Waals surface area contributed by atoms with Crippen molar-refractivity contribution in [3.8, 4) is 5.75 Å². The van der Waals surface area contributed by atoms with E-state index in [9.17, 15) is 9.90 Å². The van der Waals surface area contributed by atoms with Gasteiger partial charge in [0.2, 0.25) is 0 Å². The molecule has 0 aliphatic carbocycles. The molecule has 0 saturated heterocycles. The van der Waals surface area contributed by atoms with Crippen LogP contribution in [0.15, 0.2) is 49.1 Å². The first-order valence-corrected chi connectivity index (χ1v) is 10.9. The molecular weight excluding hydrogens is 412 g/mol. The predicted molar refractivity (Wildman–Crippen MR) is 132 cm³/mol. The third-order valence-corrected chi connectivity index (χ3v) is 5.43. The second-order valence-electron chi connectivity index (χ2n) is 8.21. The number of nitrogens with zero attached hydrogens (tertiary/aromatic N) is 2. The number of aryl methyl sites for hydroxylation is 4. The highest BCUT2D eigenvalue weighted by Gasteiger charge is 2.12. The van der Waals surface area contributed by atoms with Gasteiger partial charge in [-0.25, -0.2) is 9.13 Å². The molecule has 0 atom stereocenters. The second kappa shape index (κ2) is 10.7. The summed E-state index contributed by atoms with van der Waals surface area (Å²) in [6.45, 7) is 4.81. The molecule has 170 valence electrons. The fourth-order valence-electron chi connectivity index (χ4n) is 3.59. The molecule has 33 heavy (non-hydrogen) atoms. The number of hydrogen-bond donors (Lipinski definition) is 3. The van der Waals surface area contributed by atoms with Crippen LogP contribution in [0.3, 0.4) is 0 Å². The average molecular weight is 445 g/mol. The number of phenols is 1. The molecule has 0 aliphatic heterocycles. The van der Waals surface area contributed by atoms with Gasteiger partial charge >= 0.3 is 0 Å². The van der Waals surface area contributed by atoms with Gasteiger partial charge in [-0.2, -0.15) is 0 Å². The van der Waals surface area contributed by atoms with Crippen molar-refractivity contribution in [1.82, 2.24) is 5.32 Å². The largest absolute Gasteiger partial charge is 0.507 e. The zero-order valence-corrected chi connectivity index (χ0v) is 19.7. The number of amides is 1. The number of aromatic hydroxyl groups is 1. The van der Waals surface area contributed by atoms with Crippen molar-refractivity contribution in [2.24, 2.45) is 19.8 Å². The van der Waals surface area contributed by atoms with Gasteiger partial charge in [-0.05, 0) is 37.1 Å². The standard InChI is InChI=1S/C27H30N4O2/c1-19-17-30(3)13-9-21(19)5-7-23-15-25(27(33)29-12-11-28)16-24(26(23)32)8-6-22-10-14-31(4)18-20(22)2/h5-10,13-18H,11-12,28H2,1-4H3/p+2. The molecule has 6 nitrogen and oxygen atoms in total. The number of carbonyl (C=O) groups excluding carboxylic acids is 1. The molecule has 0 saturated carbocycles. The SMILES string of the molecule is Cc1c[n+](C)ccc1/C=C/c1cc(C(=O)NCCN)cc(/C=C/c2cc[n+](C)cc2C)c1O. The van der Waals surface area contributed by atoms with Crippen LogP contribution in [0.1, 0.15) is 43.7 Å². The van der Waals surface area contributed by atoms with Gasteiger partial charge in [0, 0.05) is 53.0 Å². The molecule has 0 fully saturated rings. The van der Waals surface area contributed by atoms with Crippen molar-refractivity contribution in [2.45, 2.75) is 13.8 Å². The van der Waals surface area contributed by atoms with Crippen molar-refractivity contribution in [2.75, 3.05) is 13.1 Å². The molecule has 3 rings (SSSR count). The number of nitrogens with two attached hydrogens (primary N) is 1. The number of hydrogen-bond acceptors (Lipinski definition) is 3. The molecule has 3 aromatic rings. The number of aromatic nitrogens is 2. The molecule has 1 aromatic carbocycles. The minimum atomic E-state index is -0.226. The van der Waals surface area contributed by atoms with E-state index in [2.05, 4.69) is 5.32 Å². The van der Waals surface area contributed by atoms with Crippen LogP contribution in [-0.2, 0) is 14.1 Å². The Morgan fingerprint density at radius 3 is 1.79 bits per heavy atom. The lowest BCUT2D eigenvalue weighted by molar-refractivity contribution is -0.671. The Bertz CT molecular complexity index is 1150. The molecule has 2 aromatic heterocycles. The Balaban J connectivity index is 2.03. The summed E-state index contributed by atoms with van der Waals surface area (Å²) in [5.41, 5.74) is 11.4. The zero-order valence-electron chi connectivity index (χ0n) is 19.7. The van der Waals surface area contributed by atoms with Crippen LogP contribution in [0.4, 0.5) is 0 Å². The molecule has 0 bridgehead atoms. The first kappa shape index (κ1) is 23.9. The summed E-state index contributed by atoms with van der Waals surface area (Å²) in [6, 6.07) is 7.42. The number of nitrogens with one attached hydrogen (secondary N) is 1. The summed E-state index contributed by atoms with van der Waals surface area (Å²) in [7, 11) is 3.95. The van der Waals surface area contributed by atoms with E-state index >= 15 is 0 Å². The van der Waals surface area contributed by atoms with E-state index < -0.39 is 0 Å². The number of carbonyl (C=O) groups is 1. The van der Waals surface area contributed by atoms with Crippen LogP contribution in [0.5, 0.6) is 5.75 Å². The average Bonchev–Trinajstić information content (AvgIpc) is 2.77. The number of phenolic OH excluding ortho intramolecular Hbond substituents is 1. The minimum absolute atomic E-state index is 0.121. The maximum absolute atomic E-state index is 12.6. The van der Waals surface area contributed by atoms with E-state index in [0.717, 1.165) is 22.3 Å². The molecule has 0 radical (unpaired) electrons. The van der Waals surface area contributed by atoms with Gasteiger partial charge in [-0.3, -0.25) is 4.79 Å². The van der Waals surface area contributed by atoms with E-state index in [-0.39, 0.29) is 11.7 Å². The first-order valence-electron chi connectivity index (χ1n) is 10.9. The van der Waals surface area contributed by atoms with Crippen molar-refractivity contribution >= 4 is 30.2 Å². The van der Waals surface area contributed by atoms with E-state index in [1.165, 1.54) is 0 Å². The van der Waals surface area contributed by atoms with Crippen molar-refractivity contribution in [1.29, 1.82) is 0 Å². The van der Waals surface area contributed by atoms with E-state index in [0.29, 0.717) is 29.8 Å². The molecule has 0 spiro atoms. The quantitative estimate of drug-likeness (QED) is 0.490. The maximum atomic E-state index is 12.6. The van der Waals surface area contributed by atoms with Gasteiger partial charge in [-0.15, -0.1) is 0 Å². The summed E-state index contributed by atoms with van der Waals surface area (Å²) in [6.07, 6.45) is 15.6. The smallest absolute Gasteiger partial charge is 0.251 e. The number of pyridine rings is 2. The molecule has 0 aliphatic rings. The number of rotatable bonds is 7. The summed E-state index contributed by atoms with van der Waals surface area (Å²) >= 11 is 0. The minimum Gasteiger partial charge on any atom is -0.507 e. The molecule has 6 heteroatoms. The van der Waals surface area contributed by atoms with E-state index in [4.69, 9.17) is 5.73 Å². The van der Waals surface area contributed by atoms with Gasteiger partial charge in [0.05, 0.1) is 0 Å². The lowest BCUT2D eigenvalue weighted by Gasteiger charge is -2.10. The monoisotopic (exact) mass is 444 g/mol. The highest BCUT2D eigenvalue weighted by atomic mass is 16.3. The second-order valence-corrected chi connectivity index (χ2v) is 8.21. The Morgan fingerprint density at radius 2 is 1.36 bits per heavy atom. The summed E-state index contributed by atoms with van der Waals surface area (Å²) in [5.74, 6) is -0.105. The van der Waals surface area contributed by atoms with Crippen LogP contribution in [0, 0.1) is 13.8 Å². The Kier molecular flexibility index (Phi) is 7.74. The van der Waals surface area contributed by atoms with Crippen LogP contribution >= 0.6 is 0 Å². The third-order valence-electron chi connectivity index (χ3n) is 5.43. The van der Waals surface area contributed by atoms with Crippen LogP contribution in [0.25, 0.3) is 24.3 Å². The highest BCUT2D eigenvalue weighted by molar-refractivity contribution is 5.97. The van der Waals surface area contributed by atoms with Gasteiger partial charge in [0.25, 0.3) is 5.91 Å². The van der Waals surface area contributed by atoms with Gasteiger partial charge in [-0.1, -0.05) is 24.3 Å². The molecular formula is C27H32N4O2+2. The summed E-state index contributed by atoms with van der Waals surface area (Å²) in [5, 5.41) is 13.8. The van der Waals surface area contributed by atoms with Gasteiger partial charge in [0.15, 0.2) is 24.8 Å². The Labute approximate surface area is 195 Å². The maximum Gasteiger partial charge on any atom is 0.251 e. The fourth-order valence-corrected chi connectivity index (χ4v) is 3.59. The Morgan fingerprint density at radius 1 is 0.909 bits per heavy atom. The lowest BCUT2D eigenvalue weighted by Crippen LogP contribution is -2.29. The predicted octanol–water partition coefficient (Wildman–Crippen LogP) is 2.69. The number of benzene rings is 1. The van der Waals surface area contributed by atoms with E-state index in [1.54, 1.807) is 12.1 Å². The summed E-state index contributed by atoms with van der Waals surface area (Å²) < 4.78 is 3.97. The van der Waals surface area contributed by atoms with Crippen molar-refractivity contribution < 1.29 is 19.0 Å². The molecule has 0 unspecified atom stereocenters. The van der Waals surface area contributed by atoms with Gasteiger partial charge < -0.3 is 16.2 Å². The molecule has 1 amide bonds. The Hall–Kier alpha value is -3.77. The van der Waals surface area contributed by atoms with Crippen LogP contribution < -0.4 is 20.2 Å². The summed E-state index contributed by atoms with van der Waals surface area (Å²) in [4.78, 5) is 12.6. The zero-order chi connectivity index (χ0) is 24.0. The van der Waals surface area contributed by atoms with Crippen molar-refractivity contribution in [3.63, 3.8) is 0 Å². The first-order chi connectivity index (χ1) is 15.8. The molecule has 2 heterocycles. The van der Waals surface area contributed by atoms with Crippen molar-refractivity contribution in [3.05, 3.63) is 88.0 Å². The molecule has 4 N–H and O–H groups in total. The lowest BCUT2D eigenvalue weighted by atomic mass is 10.0. The van der Waals surface area contributed by atoms with Crippen LogP contribution in [-0.4, -0.2) is 24.1 Å². The highest BCUT2D eigenvalue weighted by Crippen LogP contribution is 2.29. The third kappa shape index (κ3) is 6.14. The normalized spacial score (nSPS) is 11.4. The van der Waals surface area contributed by atoms with E-state index in [1.807, 2.05) is 98.3 Å². The van der Waals surface area contributed by atoms with Crippen LogP contribution in [0.2, 0.25) is 0 Å². The fraction of sp³-hybridized carbons (Fsp3) is 0.222. The topological polar surface area (TPSA) is 83.1 Å². The van der Waals surface area contributed by atoms with Gasteiger partial charge in [0.1, 0.15) is 19.8 Å².